The predicted molar refractivity (Wildman–Crippen MR) is 103 cm³/mol. The van der Waals surface area contributed by atoms with Gasteiger partial charge in [0, 0.05) is 0 Å². The number of halogens is 1. The molecule has 1 aliphatic carbocycles. The van der Waals surface area contributed by atoms with Crippen LogP contribution in [0.3, 0.4) is 0 Å². The highest BCUT2D eigenvalue weighted by Crippen LogP contribution is 2.42. The summed E-state index contributed by atoms with van der Waals surface area (Å²) in [6.07, 6.45) is 5.14. The second-order valence-corrected chi connectivity index (χ2v) is 8.35. The summed E-state index contributed by atoms with van der Waals surface area (Å²) >= 11 is 0. The van der Waals surface area contributed by atoms with Crippen LogP contribution in [-0.4, -0.2) is 12.5 Å². The summed E-state index contributed by atoms with van der Waals surface area (Å²) in [7, 11) is 0. The third kappa shape index (κ3) is 3.53. The van der Waals surface area contributed by atoms with Crippen molar-refractivity contribution in [1.82, 2.24) is 0 Å². The molecule has 1 saturated carbocycles. The zero-order valence-corrected chi connectivity index (χ0v) is 15.5. The van der Waals surface area contributed by atoms with E-state index in [2.05, 4.69) is 43.1 Å². The average Bonchev–Trinajstić information content (AvgIpc) is 3.12. The van der Waals surface area contributed by atoms with Crippen LogP contribution in [0.2, 0.25) is 0 Å². The smallest absolute Gasteiger partial charge is 0.219 e. The van der Waals surface area contributed by atoms with E-state index >= 15 is 0 Å². The van der Waals surface area contributed by atoms with E-state index in [0.717, 1.165) is 5.56 Å². The molecule has 26 heavy (non-hydrogen) atoms. The maximum atomic E-state index is 13.9. The van der Waals surface area contributed by atoms with Gasteiger partial charge in [0.2, 0.25) is 5.90 Å². The summed E-state index contributed by atoms with van der Waals surface area (Å²) in [6, 6.07) is 15.4. The van der Waals surface area contributed by atoms with E-state index in [4.69, 9.17) is 4.74 Å². The van der Waals surface area contributed by atoms with Crippen LogP contribution >= 0.6 is 0 Å². The van der Waals surface area contributed by atoms with Crippen molar-refractivity contribution in [2.45, 2.75) is 51.5 Å². The summed E-state index contributed by atoms with van der Waals surface area (Å²) in [5.74, 6) is 0.795. The molecule has 2 nitrogen and oxygen atoms in total. The minimum atomic E-state index is -0.289. The van der Waals surface area contributed by atoms with Crippen molar-refractivity contribution in [2.24, 2.45) is 10.4 Å². The topological polar surface area (TPSA) is 21.6 Å². The molecule has 0 saturated heterocycles. The van der Waals surface area contributed by atoms with Gasteiger partial charge < -0.3 is 4.74 Å². The standard InChI is InChI=1S/C23H26FNO/c1-23(2)13-11-17(12-14-23)16-7-9-18(10-8-16)21-15-26-22(25-21)19-5-3-4-6-20(19)24/h3-10,17,21H,11-15H2,1-2H3. The Hall–Kier alpha value is -2.16. The van der Waals surface area contributed by atoms with Crippen LogP contribution in [-0.2, 0) is 4.74 Å². The Morgan fingerprint density at radius 1 is 0.962 bits per heavy atom. The minimum Gasteiger partial charge on any atom is -0.475 e. The zero-order chi connectivity index (χ0) is 18.1. The molecule has 0 radical (unpaired) electrons. The highest BCUT2D eigenvalue weighted by Gasteiger charge is 2.28. The minimum absolute atomic E-state index is 0.0519. The monoisotopic (exact) mass is 351 g/mol. The lowest BCUT2D eigenvalue weighted by Crippen LogP contribution is -2.20. The van der Waals surface area contributed by atoms with Crippen molar-refractivity contribution in [1.29, 1.82) is 0 Å². The number of ether oxygens (including phenoxy) is 1. The quantitative estimate of drug-likeness (QED) is 0.662. The first-order chi connectivity index (χ1) is 12.5. The molecule has 1 fully saturated rings. The van der Waals surface area contributed by atoms with Crippen LogP contribution in [0.4, 0.5) is 4.39 Å². The summed E-state index contributed by atoms with van der Waals surface area (Å²) in [6.45, 7) is 5.22. The van der Waals surface area contributed by atoms with Gasteiger partial charge in [0.1, 0.15) is 18.5 Å². The van der Waals surface area contributed by atoms with Crippen molar-refractivity contribution in [3.05, 3.63) is 71.0 Å². The molecule has 2 aromatic carbocycles. The van der Waals surface area contributed by atoms with Gasteiger partial charge in [-0.2, -0.15) is 0 Å². The van der Waals surface area contributed by atoms with Gasteiger partial charge in [-0.15, -0.1) is 0 Å². The van der Waals surface area contributed by atoms with Crippen molar-refractivity contribution < 1.29 is 9.13 Å². The van der Waals surface area contributed by atoms with E-state index in [-0.39, 0.29) is 11.9 Å². The van der Waals surface area contributed by atoms with E-state index in [1.54, 1.807) is 18.2 Å². The second-order valence-electron chi connectivity index (χ2n) is 8.35. The van der Waals surface area contributed by atoms with Crippen molar-refractivity contribution in [2.75, 3.05) is 6.61 Å². The average molecular weight is 351 g/mol. The molecule has 2 aromatic rings. The van der Waals surface area contributed by atoms with Gasteiger partial charge in [-0.05, 0) is 60.3 Å². The van der Waals surface area contributed by atoms with Crippen LogP contribution in [0, 0.1) is 11.2 Å². The predicted octanol–water partition coefficient (Wildman–Crippen LogP) is 6.03. The molecule has 0 N–H and O–H groups in total. The molecule has 0 bridgehead atoms. The van der Waals surface area contributed by atoms with Gasteiger partial charge in [0.15, 0.2) is 0 Å². The molecule has 1 atom stereocenters. The van der Waals surface area contributed by atoms with Crippen LogP contribution in [0.15, 0.2) is 53.5 Å². The Kier molecular flexibility index (Phi) is 4.56. The highest BCUT2D eigenvalue weighted by atomic mass is 19.1. The third-order valence-electron chi connectivity index (χ3n) is 5.89. The second kappa shape index (κ2) is 6.86. The first-order valence-corrected chi connectivity index (χ1v) is 9.57. The Bertz CT molecular complexity index is 799. The molecule has 136 valence electrons. The van der Waals surface area contributed by atoms with Gasteiger partial charge in [-0.25, -0.2) is 9.38 Å². The lowest BCUT2D eigenvalue weighted by atomic mass is 9.71. The van der Waals surface area contributed by atoms with Crippen molar-refractivity contribution >= 4 is 5.90 Å². The van der Waals surface area contributed by atoms with E-state index in [1.807, 2.05) is 0 Å². The Morgan fingerprint density at radius 2 is 1.62 bits per heavy atom. The molecule has 0 aromatic heterocycles. The molecular weight excluding hydrogens is 325 g/mol. The van der Waals surface area contributed by atoms with E-state index in [1.165, 1.54) is 37.3 Å². The van der Waals surface area contributed by atoms with E-state index < -0.39 is 0 Å². The van der Waals surface area contributed by atoms with E-state index in [9.17, 15) is 4.39 Å². The van der Waals surface area contributed by atoms with Crippen molar-refractivity contribution in [3.63, 3.8) is 0 Å². The van der Waals surface area contributed by atoms with Crippen LogP contribution < -0.4 is 0 Å². The van der Waals surface area contributed by atoms with Gasteiger partial charge >= 0.3 is 0 Å². The Balaban J connectivity index is 1.47. The fourth-order valence-corrected chi connectivity index (χ4v) is 4.05. The Morgan fingerprint density at radius 3 is 2.31 bits per heavy atom. The maximum absolute atomic E-state index is 13.9. The molecule has 0 spiro atoms. The first-order valence-electron chi connectivity index (χ1n) is 9.57. The summed E-state index contributed by atoms with van der Waals surface area (Å²) in [5, 5.41) is 0. The number of hydrogen-bond acceptors (Lipinski definition) is 2. The fraction of sp³-hybridized carbons (Fsp3) is 0.435. The molecule has 1 heterocycles. The largest absolute Gasteiger partial charge is 0.475 e. The number of benzene rings is 2. The van der Waals surface area contributed by atoms with Gasteiger partial charge in [0.05, 0.1) is 5.56 Å². The summed E-state index contributed by atoms with van der Waals surface area (Å²) < 4.78 is 19.6. The highest BCUT2D eigenvalue weighted by molar-refractivity contribution is 5.95. The van der Waals surface area contributed by atoms with Gasteiger partial charge in [-0.1, -0.05) is 50.2 Å². The fourth-order valence-electron chi connectivity index (χ4n) is 4.05. The van der Waals surface area contributed by atoms with Crippen molar-refractivity contribution in [3.8, 4) is 0 Å². The maximum Gasteiger partial charge on any atom is 0.219 e. The molecular formula is C23H26FNO. The number of hydrogen-bond donors (Lipinski definition) is 0. The van der Waals surface area contributed by atoms with Crippen LogP contribution in [0.25, 0.3) is 0 Å². The molecule has 2 aliphatic rings. The molecule has 3 heteroatoms. The third-order valence-corrected chi connectivity index (χ3v) is 5.89. The first kappa shape index (κ1) is 17.3. The van der Waals surface area contributed by atoms with Gasteiger partial charge in [-0.3, -0.25) is 0 Å². The van der Waals surface area contributed by atoms with Crippen LogP contribution in [0.5, 0.6) is 0 Å². The lowest BCUT2D eigenvalue weighted by molar-refractivity contribution is 0.224. The zero-order valence-electron chi connectivity index (χ0n) is 15.5. The Labute approximate surface area is 155 Å². The number of nitrogens with zero attached hydrogens (tertiary/aromatic N) is 1. The summed E-state index contributed by atoms with van der Waals surface area (Å²) in [4.78, 5) is 4.61. The SMILES string of the molecule is CC1(C)CCC(c2ccc(C3COC(c4ccccc4F)=N3)cc2)CC1. The normalized spacial score (nSPS) is 22.7. The summed E-state index contributed by atoms with van der Waals surface area (Å²) in [5.41, 5.74) is 3.50. The number of rotatable bonds is 3. The van der Waals surface area contributed by atoms with Gasteiger partial charge in [0.25, 0.3) is 0 Å². The molecule has 1 aliphatic heterocycles. The lowest BCUT2D eigenvalue weighted by Gasteiger charge is -2.34. The van der Waals surface area contributed by atoms with E-state index in [0.29, 0.717) is 29.4 Å². The number of aliphatic imine (C=N–C) groups is 1. The van der Waals surface area contributed by atoms with Crippen LogP contribution in [0.1, 0.15) is 68.2 Å². The molecule has 0 amide bonds. The molecule has 4 rings (SSSR count). The molecule has 1 unspecified atom stereocenters.